The van der Waals surface area contributed by atoms with Gasteiger partial charge in [-0.1, -0.05) is 42.5 Å². The first-order valence-electron chi connectivity index (χ1n) is 9.63. The average molecular weight is 421 g/mol. The summed E-state index contributed by atoms with van der Waals surface area (Å²) < 4.78 is 10.9. The van der Waals surface area contributed by atoms with Crippen LogP contribution in [0.25, 0.3) is 22.8 Å². The third kappa shape index (κ3) is 6.02. The number of carbonyl (C=O) groups excluding carboxylic acids is 3. The van der Waals surface area contributed by atoms with E-state index in [0.29, 0.717) is 11.3 Å². The molecular weight excluding hydrogens is 398 g/mol. The lowest BCUT2D eigenvalue weighted by molar-refractivity contribution is -0.123. The minimum absolute atomic E-state index is 0.191. The lowest BCUT2D eigenvalue weighted by Crippen LogP contribution is -2.49. The van der Waals surface area contributed by atoms with Gasteiger partial charge in [-0.05, 0) is 32.9 Å². The molecule has 0 unspecified atom stereocenters. The molecule has 1 aromatic heterocycles. The minimum atomic E-state index is -0.741. The van der Waals surface area contributed by atoms with Gasteiger partial charge in [0.1, 0.15) is 0 Å². The molecule has 0 radical (unpaired) electrons. The number of oxazole rings is 1. The lowest BCUT2D eigenvalue weighted by atomic mass is 10.1. The zero-order valence-corrected chi connectivity index (χ0v) is 17.5. The molecule has 0 saturated heterocycles. The predicted molar refractivity (Wildman–Crippen MR) is 114 cm³/mol. The number of hydrogen-bond acceptors (Lipinski definition) is 6. The molecule has 2 aromatic carbocycles. The van der Waals surface area contributed by atoms with Crippen molar-refractivity contribution >= 4 is 17.9 Å². The number of benzene rings is 2. The first-order valence-corrected chi connectivity index (χ1v) is 9.63. The van der Waals surface area contributed by atoms with Crippen molar-refractivity contribution in [2.75, 3.05) is 6.61 Å². The smallest absolute Gasteiger partial charge is 0.339 e. The summed E-state index contributed by atoms with van der Waals surface area (Å²) in [5, 5.41) is 4.70. The van der Waals surface area contributed by atoms with E-state index in [0.717, 1.165) is 5.56 Å². The average Bonchev–Trinajstić information content (AvgIpc) is 3.21. The zero-order chi connectivity index (χ0) is 22.4. The van der Waals surface area contributed by atoms with Crippen LogP contribution in [0.2, 0.25) is 0 Å². The Morgan fingerprint density at radius 3 is 2.39 bits per heavy atom. The summed E-state index contributed by atoms with van der Waals surface area (Å²) in [6, 6.07) is 15.4. The highest BCUT2D eigenvalue weighted by Gasteiger charge is 2.20. The van der Waals surface area contributed by atoms with Crippen molar-refractivity contribution in [1.82, 2.24) is 15.6 Å². The summed E-state index contributed by atoms with van der Waals surface area (Å²) in [6.45, 7) is 4.73. The van der Waals surface area contributed by atoms with Gasteiger partial charge in [-0.15, -0.1) is 0 Å². The first-order chi connectivity index (χ1) is 14.7. The van der Waals surface area contributed by atoms with Gasteiger partial charge in [0.15, 0.2) is 12.4 Å². The second-order valence-corrected chi connectivity index (χ2v) is 7.77. The van der Waals surface area contributed by atoms with Crippen LogP contribution in [0.4, 0.5) is 4.79 Å². The van der Waals surface area contributed by atoms with Gasteiger partial charge >= 0.3 is 12.0 Å². The molecule has 1 heterocycles. The fraction of sp³-hybridized carbons (Fsp3) is 0.217. The molecule has 0 aliphatic rings. The number of carbonyl (C=O) groups is 3. The molecule has 3 aromatic rings. The standard InChI is InChI=1S/C23H23N3O5/c1-23(2,3)26-22(29)25-19(27)14-30-21(28)17-12-8-7-11-16(17)20-24-13-18(31-20)15-9-5-4-6-10-15/h4-13H,14H2,1-3H3,(H2,25,26,27,29). The number of aromatic nitrogens is 1. The van der Waals surface area contributed by atoms with Gasteiger partial charge in [-0.2, -0.15) is 0 Å². The topological polar surface area (TPSA) is 111 Å². The highest BCUT2D eigenvalue weighted by Crippen LogP contribution is 2.28. The Labute approximate surface area is 179 Å². The Balaban J connectivity index is 1.68. The summed E-state index contributed by atoms with van der Waals surface area (Å²) in [5.74, 6) is -0.667. The molecule has 3 amide bonds. The van der Waals surface area contributed by atoms with E-state index < -0.39 is 30.1 Å². The summed E-state index contributed by atoms with van der Waals surface area (Å²) in [6.07, 6.45) is 1.58. The van der Waals surface area contributed by atoms with Gasteiger partial charge in [0.25, 0.3) is 5.91 Å². The van der Waals surface area contributed by atoms with Crippen molar-refractivity contribution in [2.24, 2.45) is 0 Å². The van der Waals surface area contributed by atoms with Crippen molar-refractivity contribution in [2.45, 2.75) is 26.3 Å². The van der Waals surface area contributed by atoms with Crippen molar-refractivity contribution in [3.05, 3.63) is 66.4 Å². The van der Waals surface area contributed by atoms with E-state index in [1.807, 2.05) is 30.3 Å². The number of urea groups is 1. The van der Waals surface area contributed by atoms with Crippen LogP contribution in [0.15, 0.2) is 65.2 Å². The maximum atomic E-state index is 12.6. The summed E-state index contributed by atoms with van der Waals surface area (Å²) in [7, 11) is 0. The second-order valence-electron chi connectivity index (χ2n) is 7.77. The number of esters is 1. The highest BCUT2D eigenvalue weighted by atomic mass is 16.5. The fourth-order valence-corrected chi connectivity index (χ4v) is 2.73. The summed E-state index contributed by atoms with van der Waals surface area (Å²) >= 11 is 0. The monoisotopic (exact) mass is 421 g/mol. The van der Waals surface area contributed by atoms with E-state index in [1.165, 1.54) is 0 Å². The van der Waals surface area contributed by atoms with Crippen molar-refractivity contribution in [1.29, 1.82) is 0 Å². The van der Waals surface area contributed by atoms with E-state index in [-0.39, 0.29) is 11.5 Å². The Bertz CT molecular complexity index is 1080. The quantitative estimate of drug-likeness (QED) is 0.607. The molecule has 0 aliphatic heterocycles. The van der Waals surface area contributed by atoms with Gasteiger partial charge in [-0.3, -0.25) is 10.1 Å². The lowest BCUT2D eigenvalue weighted by Gasteiger charge is -2.20. The number of nitrogens with one attached hydrogen (secondary N) is 2. The van der Waals surface area contributed by atoms with Crippen LogP contribution in [0.5, 0.6) is 0 Å². The third-order valence-electron chi connectivity index (χ3n) is 4.02. The maximum Gasteiger partial charge on any atom is 0.339 e. The van der Waals surface area contributed by atoms with E-state index in [1.54, 1.807) is 51.2 Å². The van der Waals surface area contributed by atoms with Crippen molar-refractivity contribution in [3.63, 3.8) is 0 Å². The Kier molecular flexibility index (Phi) is 6.49. The second kappa shape index (κ2) is 9.25. The van der Waals surface area contributed by atoms with E-state index in [9.17, 15) is 14.4 Å². The molecular formula is C23H23N3O5. The molecule has 31 heavy (non-hydrogen) atoms. The van der Waals surface area contributed by atoms with E-state index in [2.05, 4.69) is 15.6 Å². The number of nitrogens with zero attached hydrogens (tertiary/aromatic N) is 1. The van der Waals surface area contributed by atoms with E-state index >= 15 is 0 Å². The van der Waals surface area contributed by atoms with E-state index in [4.69, 9.17) is 9.15 Å². The van der Waals surface area contributed by atoms with Gasteiger partial charge in [0, 0.05) is 11.1 Å². The van der Waals surface area contributed by atoms with Gasteiger partial charge in [0.05, 0.1) is 17.3 Å². The third-order valence-corrected chi connectivity index (χ3v) is 4.02. The Hall–Kier alpha value is -3.94. The zero-order valence-electron chi connectivity index (χ0n) is 17.5. The van der Waals surface area contributed by atoms with Crippen LogP contribution < -0.4 is 10.6 Å². The Morgan fingerprint density at radius 2 is 1.68 bits per heavy atom. The number of hydrogen-bond donors (Lipinski definition) is 2. The van der Waals surface area contributed by atoms with Gasteiger partial charge in [0.2, 0.25) is 5.89 Å². The van der Waals surface area contributed by atoms with Crippen LogP contribution in [0.3, 0.4) is 0 Å². The fourth-order valence-electron chi connectivity index (χ4n) is 2.73. The molecule has 3 rings (SSSR count). The molecule has 0 aliphatic carbocycles. The molecule has 0 fully saturated rings. The number of ether oxygens (including phenoxy) is 1. The Morgan fingerprint density at radius 1 is 1.00 bits per heavy atom. The van der Waals surface area contributed by atoms with Gasteiger partial charge < -0.3 is 14.5 Å². The molecule has 160 valence electrons. The highest BCUT2D eigenvalue weighted by molar-refractivity contribution is 5.99. The van der Waals surface area contributed by atoms with Gasteiger partial charge in [-0.25, -0.2) is 14.6 Å². The molecule has 0 bridgehead atoms. The van der Waals surface area contributed by atoms with Crippen molar-refractivity contribution < 1.29 is 23.5 Å². The molecule has 0 spiro atoms. The molecule has 8 nitrogen and oxygen atoms in total. The van der Waals surface area contributed by atoms with Crippen LogP contribution in [-0.4, -0.2) is 35.0 Å². The maximum absolute atomic E-state index is 12.6. The largest absolute Gasteiger partial charge is 0.452 e. The normalized spacial score (nSPS) is 10.9. The van der Waals surface area contributed by atoms with Crippen LogP contribution >= 0.6 is 0 Å². The first kappa shape index (κ1) is 21.8. The number of imide groups is 1. The van der Waals surface area contributed by atoms with Crippen LogP contribution in [0, 0.1) is 0 Å². The predicted octanol–water partition coefficient (Wildman–Crippen LogP) is 3.79. The molecule has 8 heteroatoms. The van der Waals surface area contributed by atoms with Crippen LogP contribution in [-0.2, 0) is 9.53 Å². The number of rotatable bonds is 5. The molecule has 0 atom stereocenters. The summed E-state index contributed by atoms with van der Waals surface area (Å²) in [5.41, 5.74) is 0.970. The molecule has 0 saturated carbocycles. The van der Waals surface area contributed by atoms with Crippen molar-refractivity contribution in [3.8, 4) is 22.8 Å². The number of amides is 3. The molecule has 2 N–H and O–H groups in total. The minimum Gasteiger partial charge on any atom is -0.452 e. The SMILES string of the molecule is CC(C)(C)NC(=O)NC(=O)COC(=O)c1ccccc1-c1ncc(-c2ccccc2)o1. The summed E-state index contributed by atoms with van der Waals surface area (Å²) in [4.78, 5) is 40.5. The van der Waals surface area contributed by atoms with Crippen LogP contribution in [0.1, 0.15) is 31.1 Å².